The Bertz CT molecular complexity index is 1370. The van der Waals surface area contributed by atoms with Gasteiger partial charge in [0, 0.05) is 62.1 Å². The predicted octanol–water partition coefficient (Wildman–Crippen LogP) is 0.320. The van der Waals surface area contributed by atoms with Gasteiger partial charge >= 0.3 is 0 Å². The van der Waals surface area contributed by atoms with Crippen molar-refractivity contribution in [3.63, 3.8) is 0 Å². The molecular formula is C28H39N11O4. The molecule has 0 bridgehead atoms. The van der Waals surface area contributed by atoms with Gasteiger partial charge in [-0.3, -0.25) is 4.79 Å². The summed E-state index contributed by atoms with van der Waals surface area (Å²) >= 11 is 0. The van der Waals surface area contributed by atoms with E-state index in [4.69, 9.17) is 37.4 Å². The SMILES string of the molecule is COc1cccc(OC)c1C(=O)Nc1ccc(Nc2nc(N3C[C@H](N)C[C@H](N)C3)nc(N3C[C@H](N)C[C@H](N)C3)n2)cc1O. The number of aromatic nitrogens is 3. The molecule has 2 aliphatic rings. The van der Waals surface area contributed by atoms with Crippen LogP contribution in [0.4, 0.5) is 29.2 Å². The first kappa shape index (κ1) is 30.0. The minimum atomic E-state index is -0.507. The smallest absolute Gasteiger partial charge is 0.263 e. The van der Waals surface area contributed by atoms with Crippen molar-refractivity contribution >= 4 is 35.1 Å². The Labute approximate surface area is 249 Å². The average molecular weight is 594 g/mol. The lowest BCUT2D eigenvalue weighted by atomic mass is 10.0. The van der Waals surface area contributed by atoms with Gasteiger partial charge in [0.1, 0.15) is 22.8 Å². The number of carbonyl (C=O) groups is 1. The maximum absolute atomic E-state index is 13.1. The molecule has 2 fully saturated rings. The quantitative estimate of drug-likeness (QED) is 0.175. The third kappa shape index (κ3) is 6.97. The van der Waals surface area contributed by atoms with Crippen molar-refractivity contribution in [1.82, 2.24) is 15.0 Å². The molecule has 0 spiro atoms. The highest BCUT2D eigenvalue weighted by Crippen LogP contribution is 2.33. The van der Waals surface area contributed by atoms with E-state index in [9.17, 15) is 9.90 Å². The summed E-state index contributed by atoms with van der Waals surface area (Å²) in [5.74, 6) is 1.07. The monoisotopic (exact) mass is 593 g/mol. The Morgan fingerprint density at radius 2 is 1.35 bits per heavy atom. The fourth-order valence-electron chi connectivity index (χ4n) is 5.48. The number of hydrogen-bond acceptors (Lipinski definition) is 14. The first-order chi connectivity index (χ1) is 20.6. The minimum absolute atomic E-state index is 0.118. The van der Waals surface area contributed by atoms with Crippen LogP contribution < -0.4 is 52.8 Å². The number of nitrogens with one attached hydrogen (secondary N) is 2. The van der Waals surface area contributed by atoms with Gasteiger partial charge in [0.2, 0.25) is 17.8 Å². The highest BCUT2D eigenvalue weighted by atomic mass is 16.5. The Morgan fingerprint density at radius 1 is 0.837 bits per heavy atom. The number of carbonyl (C=O) groups excluding carboxylic acids is 1. The van der Waals surface area contributed by atoms with Gasteiger partial charge in [-0.2, -0.15) is 15.0 Å². The van der Waals surface area contributed by atoms with Crippen LogP contribution in [0.1, 0.15) is 23.2 Å². The summed E-state index contributed by atoms with van der Waals surface area (Å²) in [4.78, 5) is 31.0. The number of phenolic OH excluding ortho intramolecular Hbond substituents is 1. The molecule has 15 heteroatoms. The molecule has 5 rings (SSSR count). The van der Waals surface area contributed by atoms with Crippen LogP contribution in [0.2, 0.25) is 0 Å². The molecule has 230 valence electrons. The molecule has 3 aromatic rings. The van der Waals surface area contributed by atoms with Crippen molar-refractivity contribution in [2.24, 2.45) is 22.9 Å². The van der Waals surface area contributed by atoms with E-state index < -0.39 is 5.91 Å². The second kappa shape index (κ2) is 12.8. The molecule has 2 aliphatic heterocycles. The van der Waals surface area contributed by atoms with E-state index in [0.29, 0.717) is 68.1 Å². The van der Waals surface area contributed by atoms with Gasteiger partial charge in [-0.1, -0.05) is 6.07 Å². The molecule has 0 saturated carbocycles. The Hall–Kier alpha value is -4.44. The van der Waals surface area contributed by atoms with Gasteiger partial charge in [-0.25, -0.2) is 0 Å². The normalized spacial score (nSPS) is 22.2. The Balaban J connectivity index is 1.40. The number of piperidine rings is 2. The maximum atomic E-state index is 13.1. The number of benzene rings is 2. The van der Waals surface area contributed by atoms with E-state index in [0.717, 1.165) is 0 Å². The van der Waals surface area contributed by atoms with E-state index in [1.165, 1.54) is 20.3 Å². The molecule has 1 amide bonds. The van der Waals surface area contributed by atoms with E-state index >= 15 is 0 Å². The Morgan fingerprint density at radius 3 is 1.81 bits per heavy atom. The number of anilines is 5. The zero-order valence-electron chi connectivity index (χ0n) is 24.2. The summed E-state index contributed by atoms with van der Waals surface area (Å²) in [6.07, 6.45) is 1.42. The summed E-state index contributed by atoms with van der Waals surface area (Å²) in [6.45, 7) is 2.17. The minimum Gasteiger partial charge on any atom is -0.506 e. The lowest BCUT2D eigenvalue weighted by Crippen LogP contribution is -2.54. The molecule has 4 atom stereocenters. The molecule has 0 radical (unpaired) electrons. The van der Waals surface area contributed by atoms with Crippen LogP contribution >= 0.6 is 0 Å². The molecule has 0 aliphatic carbocycles. The highest BCUT2D eigenvalue weighted by Gasteiger charge is 2.29. The number of phenols is 1. The zero-order chi connectivity index (χ0) is 30.7. The third-order valence-electron chi connectivity index (χ3n) is 7.37. The largest absolute Gasteiger partial charge is 0.506 e. The summed E-state index contributed by atoms with van der Waals surface area (Å²) in [6, 6.07) is 9.24. The van der Waals surface area contributed by atoms with Crippen LogP contribution in [0.3, 0.4) is 0 Å². The van der Waals surface area contributed by atoms with Crippen LogP contribution in [0, 0.1) is 0 Å². The van der Waals surface area contributed by atoms with Gasteiger partial charge in [-0.05, 0) is 37.1 Å². The summed E-state index contributed by atoms with van der Waals surface area (Å²) in [5, 5.41) is 16.7. The second-order valence-corrected chi connectivity index (χ2v) is 10.9. The number of nitrogens with zero attached hydrogens (tertiary/aromatic N) is 5. The van der Waals surface area contributed by atoms with Gasteiger partial charge in [0.15, 0.2) is 0 Å². The number of hydrogen-bond donors (Lipinski definition) is 7. The molecule has 2 aromatic carbocycles. The molecule has 15 nitrogen and oxygen atoms in total. The number of ether oxygens (including phenoxy) is 2. The number of rotatable bonds is 8. The number of amides is 1. The van der Waals surface area contributed by atoms with Crippen LogP contribution in [-0.2, 0) is 0 Å². The van der Waals surface area contributed by atoms with E-state index in [1.54, 1.807) is 30.3 Å². The third-order valence-corrected chi connectivity index (χ3v) is 7.37. The van der Waals surface area contributed by atoms with Crippen molar-refractivity contribution in [2.75, 3.05) is 60.8 Å². The van der Waals surface area contributed by atoms with Crippen molar-refractivity contribution < 1.29 is 19.4 Å². The highest BCUT2D eigenvalue weighted by molar-refractivity contribution is 6.09. The van der Waals surface area contributed by atoms with Gasteiger partial charge in [0.25, 0.3) is 5.91 Å². The molecule has 11 N–H and O–H groups in total. The predicted molar refractivity (Wildman–Crippen MR) is 164 cm³/mol. The van der Waals surface area contributed by atoms with Crippen LogP contribution in [0.25, 0.3) is 0 Å². The van der Waals surface area contributed by atoms with E-state index in [2.05, 4.69) is 20.6 Å². The van der Waals surface area contributed by atoms with Crippen LogP contribution in [0.15, 0.2) is 36.4 Å². The molecule has 0 unspecified atom stereocenters. The second-order valence-electron chi connectivity index (χ2n) is 10.9. The van der Waals surface area contributed by atoms with Gasteiger partial charge in [-0.15, -0.1) is 0 Å². The number of aromatic hydroxyl groups is 1. The van der Waals surface area contributed by atoms with Crippen LogP contribution in [-0.4, -0.2) is 90.5 Å². The van der Waals surface area contributed by atoms with E-state index in [-0.39, 0.29) is 47.1 Å². The van der Waals surface area contributed by atoms with E-state index in [1.807, 2.05) is 9.80 Å². The molecular weight excluding hydrogens is 554 g/mol. The van der Waals surface area contributed by atoms with Crippen LogP contribution in [0.5, 0.6) is 17.2 Å². The zero-order valence-corrected chi connectivity index (χ0v) is 24.2. The first-order valence-electron chi connectivity index (χ1n) is 14.0. The number of methoxy groups -OCH3 is 2. The molecule has 2 saturated heterocycles. The lowest BCUT2D eigenvalue weighted by Gasteiger charge is -2.37. The van der Waals surface area contributed by atoms with Gasteiger partial charge in [0.05, 0.1) is 19.9 Å². The maximum Gasteiger partial charge on any atom is 0.263 e. The molecule has 43 heavy (non-hydrogen) atoms. The molecule has 3 heterocycles. The van der Waals surface area contributed by atoms with Gasteiger partial charge < -0.3 is 57.9 Å². The van der Waals surface area contributed by atoms with Crippen molar-refractivity contribution in [3.8, 4) is 17.2 Å². The lowest BCUT2D eigenvalue weighted by molar-refractivity contribution is 0.102. The summed E-state index contributed by atoms with van der Waals surface area (Å²) in [7, 11) is 2.92. The summed E-state index contributed by atoms with van der Waals surface area (Å²) in [5.41, 5.74) is 25.8. The standard InChI is InChI=1S/C28H39N11O4/c1-42-22-4-3-5-23(43-2)24(22)25(41)34-20-7-6-19(10-21(20)40)33-26-35-27(38-11-15(29)8-16(30)12-38)37-28(36-26)39-13-17(31)9-18(32)14-39/h3-7,10,15-18,40H,8-9,11-14,29-32H2,1-2H3,(H,34,41)(H,33,35,36,37)/t15-,16+,17-,18+. The van der Waals surface area contributed by atoms with Crippen molar-refractivity contribution in [3.05, 3.63) is 42.0 Å². The van der Waals surface area contributed by atoms with Crippen molar-refractivity contribution in [2.45, 2.75) is 37.0 Å². The fourth-order valence-corrected chi connectivity index (χ4v) is 5.48. The summed E-state index contributed by atoms with van der Waals surface area (Å²) < 4.78 is 10.7. The first-order valence-corrected chi connectivity index (χ1v) is 14.0. The fraction of sp³-hybridized carbons (Fsp3) is 0.429. The topological polar surface area (TPSA) is 229 Å². The number of nitrogens with two attached hydrogens (primary N) is 4. The molecule has 1 aromatic heterocycles. The average Bonchev–Trinajstić information content (AvgIpc) is 2.96. The van der Waals surface area contributed by atoms with Crippen molar-refractivity contribution in [1.29, 1.82) is 0 Å². The Kier molecular flexibility index (Phi) is 8.96.